The standard InChI is InChI=1S/C11H24N2O2.ClH/c1-5-15-10(9(2)3)6-7-13-11(14)8-12-4;/h9-10,12H,5-8H2,1-4H3,(H,13,14);1H. The van der Waals surface area contributed by atoms with Crippen LogP contribution in [0.2, 0.25) is 0 Å². The van der Waals surface area contributed by atoms with Crippen LogP contribution in [-0.2, 0) is 9.53 Å². The average molecular weight is 253 g/mol. The molecule has 4 nitrogen and oxygen atoms in total. The summed E-state index contributed by atoms with van der Waals surface area (Å²) in [5.41, 5.74) is 0. The van der Waals surface area contributed by atoms with E-state index in [0.29, 0.717) is 19.0 Å². The maximum atomic E-state index is 11.1. The molecule has 5 heteroatoms. The second-order valence-electron chi connectivity index (χ2n) is 3.91. The summed E-state index contributed by atoms with van der Waals surface area (Å²) in [6, 6.07) is 0. The summed E-state index contributed by atoms with van der Waals surface area (Å²) < 4.78 is 5.58. The lowest BCUT2D eigenvalue weighted by Gasteiger charge is -2.20. The molecule has 0 spiro atoms. The van der Waals surface area contributed by atoms with Gasteiger partial charge in [-0.3, -0.25) is 4.79 Å². The van der Waals surface area contributed by atoms with Crippen LogP contribution in [0.3, 0.4) is 0 Å². The lowest BCUT2D eigenvalue weighted by atomic mass is 10.0. The van der Waals surface area contributed by atoms with Crippen molar-refractivity contribution >= 4 is 18.3 Å². The van der Waals surface area contributed by atoms with E-state index in [9.17, 15) is 4.79 Å². The van der Waals surface area contributed by atoms with Gasteiger partial charge in [-0.1, -0.05) is 13.8 Å². The monoisotopic (exact) mass is 252 g/mol. The van der Waals surface area contributed by atoms with Gasteiger partial charge in [0.2, 0.25) is 5.91 Å². The number of carbonyl (C=O) groups is 1. The highest BCUT2D eigenvalue weighted by molar-refractivity contribution is 5.85. The van der Waals surface area contributed by atoms with E-state index in [1.54, 1.807) is 7.05 Å². The van der Waals surface area contributed by atoms with Crippen molar-refractivity contribution in [2.75, 3.05) is 26.7 Å². The quantitative estimate of drug-likeness (QED) is 0.683. The molecular formula is C11H25ClN2O2. The topological polar surface area (TPSA) is 50.4 Å². The minimum absolute atomic E-state index is 0. The molecule has 1 amide bonds. The molecule has 0 aromatic rings. The number of amides is 1. The van der Waals surface area contributed by atoms with Crippen molar-refractivity contribution in [2.24, 2.45) is 5.92 Å². The van der Waals surface area contributed by atoms with E-state index in [1.807, 2.05) is 6.92 Å². The number of ether oxygens (including phenoxy) is 1. The van der Waals surface area contributed by atoms with E-state index >= 15 is 0 Å². The summed E-state index contributed by atoms with van der Waals surface area (Å²) in [5.74, 6) is 0.530. The van der Waals surface area contributed by atoms with Crippen LogP contribution in [0.1, 0.15) is 27.2 Å². The molecule has 0 radical (unpaired) electrons. The van der Waals surface area contributed by atoms with Gasteiger partial charge in [0.25, 0.3) is 0 Å². The maximum absolute atomic E-state index is 11.1. The summed E-state index contributed by atoms with van der Waals surface area (Å²) in [6.45, 7) is 8.05. The molecule has 0 aliphatic heterocycles. The Morgan fingerprint density at radius 2 is 2.00 bits per heavy atom. The molecule has 0 aromatic carbocycles. The fraction of sp³-hybridized carbons (Fsp3) is 0.909. The first kappa shape index (κ1) is 18.1. The van der Waals surface area contributed by atoms with E-state index < -0.39 is 0 Å². The van der Waals surface area contributed by atoms with E-state index in [1.165, 1.54) is 0 Å². The number of hydrogen-bond donors (Lipinski definition) is 2. The van der Waals surface area contributed by atoms with Crippen molar-refractivity contribution in [1.29, 1.82) is 0 Å². The second-order valence-corrected chi connectivity index (χ2v) is 3.91. The van der Waals surface area contributed by atoms with Crippen LogP contribution in [0.4, 0.5) is 0 Å². The fourth-order valence-corrected chi connectivity index (χ4v) is 1.40. The SMILES string of the molecule is CCOC(CCNC(=O)CNC)C(C)C.Cl. The van der Waals surface area contributed by atoms with Crippen molar-refractivity contribution in [3.8, 4) is 0 Å². The van der Waals surface area contributed by atoms with Crippen molar-refractivity contribution in [3.05, 3.63) is 0 Å². The van der Waals surface area contributed by atoms with Crippen molar-refractivity contribution in [3.63, 3.8) is 0 Å². The van der Waals surface area contributed by atoms with E-state index in [-0.39, 0.29) is 24.4 Å². The normalized spacial score (nSPS) is 12.1. The van der Waals surface area contributed by atoms with Gasteiger partial charge >= 0.3 is 0 Å². The summed E-state index contributed by atoms with van der Waals surface area (Å²) in [7, 11) is 1.76. The third kappa shape index (κ3) is 8.95. The summed E-state index contributed by atoms with van der Waals surface area (Å²) in [5, 5.41) is 5.66. The third-order valence-electron chi connectivity index (χ3n) is 2.21. The maximum Gasteiger partial charge on any atom is 0.233 e. The van der Waals surface area contributed by atoms with Gasteiger partial charge in [-0.15, -0.1) is 12.4 Å². The second kappa shape index (κ2) is 11.2. The molecule has 0 aliphatic rings. The Bertz CT molecular complexity index is 177. The molecule has 0 heterocycles. The van der Waals surface area contributed by atoms with Crippen molar-refractivity contribution in [2.45, 2.75) is 33.3 Å². The zero-order valence-electron chi connectivity index (χ0n) is 10.7. The minimum atomic E-state index is 0. The molecule has 98 valence electrons. The number of likely N-dealkylation sites (N-methyl/N-ethyl adjacent to an activating group) is 1. The van der Waals surface area contributed by atoms with Crippen molar-refractivity contribution < 1.29 is 9.53 Å². The Labute approximate surface area is 105 Å². The van der Waals surface area contributed by atoms with Crippen LogP contribution < -0.4 is 10.6 Å². The largest absolute Gasteiger partial charge is 0.378 e. The molecule has 0 aliphatic carbocycles. The van der Waals surface area contributed by atoms with Crippen LogP contribution in [0.5, 0.6) is 0 Å². The van der Waals surface area contributed by atoms with E-state index in [4.69, 9.17) is 4.74 Å². The Morgan fingerprint density at radius 1 is 1.38 bits per heavy atom. The molecule has 0 bridgehead atoms. The predicted molar refractivity (Wildman–Crippen MR) is 69.1 cm³/mol. The fourth-order valence-electron chi connectivity index (χ4n) is 1.40. The average Bonchev–Trinajstić information content (AvgIpc) is 2.16. The van der Waals surface area contributed by atoms with Gasteiger partial charge in [0, 0.05) is 13.2 Å². The first-order valence-electron chi connectivity index (χ1n) is 5.64. The molecule has 0 fully saturated rings. The Balaban J connectivity index is 0. The van der Waals surface area contributed by atoms with Gasteiger partial charge in [0.1, 0.15) is 0 Å². The summed E-state index contributed by atoms with van der Waals surface area (Å²) in [6.07, 6.45) is 1.12. The van der Waals surface area contributed by atoms with Crippen LogP contribution in [0, 0.1) is 5.92 Å². The van der Waals surface area contributed by atoms with Gasteiger partial charge in [-0.25, -0.2) is 0 Å². The molecule has 0 saturated carbocycles. The Morgan fingerprint density at radius 3 is 2.44 bits per heavy atom. The number of nitrogens with one attached hydrogen (secondary N) is 2. The molecular weight excluding hydrogens is 228 g/mol. The highest BCUT2D eigenvalue weighted by atomic mass is 35.5. The molecule has 0 aromatic heterocycles. The molecule has 0 rings (SSSR count). The van der Waals surface area contributed by atoms with Gasteiger partial charge in [-0.2, -0.15) is 0 Å². The first-order valence-corrected chi connectivity index (χ1v) is 5.64. The number of rotatable bonds is 8. The van der Waals surface area contributed by atoms with Crippen LogP contribution >= 0.6 is 12.4 Å². The van der Waals surface area contributed by atoms with E-state index in [2.05, 4.69) is 24.5 Å². The van der Waals surface area contributed by atoms with Gasteiger partial charge < -0.3 is 15.4 Å². The molecule has 2 N–H and O–H groups in total. The number of hydrogen-bond acceptors (Lipinski definition) is 3. The summed E-state index contributed by atoms with van der Waals surface area (Å²) >= 11 is 0. The smallest absolute Gasteiger partial charge is 0.233 e. The van der Waals surface area contributed by atoms with Gasteiger partial charge in [0.15, 0.2) is 0 Å². The molecule has 16 heavy (non-hydrogen) atoms. The number of halogens is 1. The minimum Gasteiger partial charge on any atom is -0.378 e. The van der Waals surface area contributed by atoms with Crippen LogP contribution in [0.25, 0.3) is 0 Å². The van der Waals surface area contributed by atoms with Gasteiger partial charge in [0.05, 0.1) is 12.6 Å². The lowest BCUT2D eigenvalue weighted by Crippen LogP contribution is -2.35. The zero-order chi connectivity index (χ0) is 11.7. The third-order valence-corrected chi connectivity index (χ3v) is 2.21. The molecule has 0 saturated heterocycles. The number of carbonyl (C=O) groups excluding carboxylic acids is 1. The zero-order valence-corrected chi connectivity index (χ0v) is 11.5. The lowest BCUT2D eigenvalue weighted by molar-refractivity contribution is -0.120. The highest BCUT2D eigenvalue weighted by Gasteiger charge is 2.12. The highest BCUT2D eigenvalue weighted by Crippen LogP contribution is 2.09. The predicted octanol–water partition coefficient (Wildman–Crippen LogP) is 1.19. The summed E-state index contributed by atoms with van der Waals surface area (Å²) in [4.78, 5) is 11.1. The van der Waals surface area contributed by atoms with E-state index in [0.717, 1.165) is 13.0 Å². The van der Waals surface area contributed by atoms with Crippen molar-refractivity contribution in [1.82, 2.24) is 10.6 Å². The molecule has 1 unspecified atom stereocenters. The Kier molecular flexibility index (Phi) is 12.6. The first-order chi connectivity index (χ1) is 7.11. The van der Waals surface area contributed by atoms with Crippen LogP contribution in [0.15, 0.2) is 0 Å². The van der Waals surface area contributed by atoms with Crippen LogP contribution in [-0.4, -0.2) is 38.8 Å². The van der Waals surface area contributed by atoms with Gasteiger partial charge in [-0.05, 0) is 26.3 Å². The Hall–Kier alpha value is -0.320. The molecule has 1 atom stereocenters.